The van der Waals surface area contributed by atoms with Crippen LogP contribution in [0.3, 0.4) is 0 Å². The van der Waals surface area contributed by atoms with Gasteiger partial charge in [-0.2, -0.15) is 12.6 Å². The maximum absolute atomic E-state index is 4.28. The molecule has 0 amide bonds. The number of hydrogen-bond acceptors (Lipinski definition) is 1. The predicted molar refractivity (Wildman–Crippen MR) is 42.4 cm³/mol. The van der Waals surface area contributed by atoms with Crippen molar-refractivity contribution in [1.29, 1.82) is 0 Å². The summed E-state index contributed by atoms with van der Waals surface area (Å²) >= 11 is 4.28. The van der Waals surface area contributed by atoms with Crippen LogP contribution in [0.1, 0.15) is 13.3 Å². The highest BCUT2D eigenvalue weighted by Gasteiger charge is 2.09. The van der Waals surface area contributed by atoms with E-state index >= 15 is 0 Å². The van der Waals surface area contributed by atoms with Crippen LogP contribution < -0.4 is 0 Å². The first-order valence-electron chi connectivity index (χ1n) is 2.59. The van der Waals surface area contributed by atoms with Crippen LogP contribution >= 0.6 is 12.6 Å². The SMILES string of the molecule is C=CCC(C)(S)C=C. The molecular formula is C7H12S. The van der Waals surface area contributed by atoms with Gasteiger partial charge >= 0.3 is 0 Å². The van der Waals surface area contributed by atoms with E-state index in [-0.39, 0.29) is 4.75 Å². The Balaban J connectivity index is 3.70. The fraction of sp³-hybridized carbons (Fsp3) is 0.429. The minimum absolute atomic E-state index is 0.0677. The lowest BCUT2D eigenvalue weighted by molar-refractivity contribution is 0.817. The second-order valence-corrected chi connectivity index (χ2v) is 3.08. The lowest BCUT2D eigenvalue weighted by atomic mass is 10.1. The van der Waals surface area contributed by atoms with E-state index in [0.717, 1.165) is 6.42 Å². The highest BCUT2D eigenvalue weighted by Crippen LogP contribution is 2.18. The van der Waals surface area contributed by atoms with Crippen molar-refractivity contribution in [3.05, 3.63) is 25.3 Å². The van der Waals surface area contributed by atoms with E-state index in [1.165, 1.54) is 0 Å². The Labute approximate surface area is 56.7 Å². The normalized spacial score (nSPS) is 16.8. The molecule has 1 atom stereocenters. The smallest absolute Gasteiger partial charge is 0.0312 e. The fourth-order valence-electron chi connectivity index (χ4n) is 0.376. The molecule has 0 radical (unpaired) electrons. The average Bonchev–Trinajstić information content (AvgIpc) is 1.67. The molecule has 0 aromatic carbocycles. The summed E-state index contributed by atoms with van der Waals surface area (Å²) in [6, 6.07) is 0. The van der Waals surface area contributed by atoms with Crippen molar-refractivity contribution in [2.75, 3.05) is 0 Å². The van der Waals surface area contributed by atoms with Crippen LogP contribution in [-0.2, 0) is 0 Å². The van der Waals surface area contributed by atoms with Gasteiger partial charge in [-0.3, -0.25) is 0 Å². The summed E-state index contributed by atoms with van der Waals surface area (Å²) < 4.78 is -0.0677. The Bertz CT molecular complexity index is 92.6. The molecule has 0 spiro atoms. The second kappa shape index (κ2) is 2.98. The molecule has 0 rings (SSSR count). The van der Waals surface area contributed by atoms with Crippen molar-refractivity contribution in [2.24, 2.45) is 0 Å². The van der Waals surface area contributed by atoms with E-state index in [2.05, 4.69) is 25.8 Å². The minimum Gasteiger partial charge on any atom is -0.168 e. The summed E-state index contributed by atoms with van der Waals surface area (Å²) in [5.41, 5.74) is 0. The quantitative estimate of drug-likeness (QED) is 0.438. The summed E-state index contributed by atoms with van der Waals surface area (Å²) in [4.78, 5) is 0. The first kappa shape index (κ1) is 7.83. The van der Waals surface area contributed by atoms with Gasteiger partial charge < -0.3 is 0 Å². The van der Waals surface area contributed by atoms with Crippen molar-refractivity contribution in [2.45, 2.75) is 18.1 Å². The van der Waals surface area contributed by atoms with E-state index in [1.54, 1.807) is 0 Å². The topological polar surface area (TPSA) is 0 Å². The summed E-state index contributed by atoms with van der Waals surface area (Å²) in [6.07, 6.45) is 4.53. The largest absolute Gasteiger partial charge is 0.168 e. The van der Waals surface area contributed by atoms with Gasteiger partial charge in [-0.1, -0.05) is 12.2 Å². The van der Waals surface area contributed by atoms with Gasteiger partial charge in [-0.15, -0.1) is 13.2 Å². The van der Waals surface area contributed by atoms with Gasteiger partial charge in [0.25, 0.3) is 0 Å². The molecule has 0 saturated carbocycles. The van der Waals surface area contributed by atoms with Crippen molar-refractivity contribution >= 4 is 12.6 Å². The van der Waals surface area contributed by atoms with Crippen LogP contribution in [0.5, 0.6) is 0 Å². The van der Waals surface area contributed by atoms with Crippen molar-refractivity contribution in [3.8, 4) is 0 Å². The van der Waals surface area contributed by atoms with E-state index in [4.69, 9.17) is 0 Å². The molecule has 0 saturated heterocycles. The van der Waals surface area contributed by atoms with Crippen molar-refractivity contribution < 1.29 is 0 Å². The van der Waals surface area contributed by atoms with E-state index in [1.807, 2.05) is 19.1 Å². The van der Waals surface area contributed by atoms with Gasteiger partial charge in [-0.25, -0.2) is 0 Å². The molecule has 1 unspecified atom stereocenters. The highest BCUT2D eigenvalue weighted by atomic mass is 32.1. The third-order valence-corrected chi connectivity index (χ3v) is 1.36. The average molecular weight is 128 g/mol. The first-order chi connectivity index (χ1) is 3.62. The molecule has 0 aromatic heterocycles. The highest BCUT2D eigenvalue weighted by molar-refractivity contribution is 7.82. The fourth-order valence-corrected chi connectivity index (χ4v) is 0.505. The predicted octanol–water partition coefficient (Wildman–Crippen LogP) is 2.44. The van der Waals surface area contributed by atoms with E-state index in [0.29, 0.717) is 0 Å². The van der Waals surface area contributed by atoms with Gasteiger partial charge in [0.2, 0.25) is 0 Å². The molecule has 0 N–H and O–H groups in total. The lowest BCUT2D eigenvalue weighted by Gasteiger charge is -2.14. The van der Waals surface area contributed by atoms with Gasteiger partial charge in [0.05, 0.1) is 0 Å². The van der Waals surface area contributed by atoms with Crippen LogP contribution in [0.2, 0.25) is 0 Å². The zero-order chi connectivity index (χ0) is 6.62. The molecule has 0 bridgehead atoms. The Morgan fingerprint density at radius 3 is 2.25 bits per heavy atom. The van der Waals surface area contributed by atoms with Gasteiger partial charge in [0.15, 0.2) is 0 Å². The summed E-state index contributed by atoms with van der Waals surface area (Å²) in [6.45, 7) is 9.23. The molecule has 1 heteroatoms. The molecule has 0 nitrogen and oxygen atoms in total. The molecule has 8 heavy (non-hydrogen) atoms. The molecule has 0 heterocycles. The van der Waals surface area contributed by atoms with E-state index in [9.17, 15) is 0 Å². The summed E-state index contributed by atoms with van der Waals surface area (Å²) in [5.74, 6) is 0. The van der Waals surface area contributed by atoms with Gasteiger partial charge in [0.1, 0.15) is 0 Å². The maximum atomic E-state index is 4.28. The number of hydrogen-bond donors (Lipinski definition) is 1. The van der Waals surface area contributed by atoms with Crippen LogP contribution in [-0.4, -0.2) is 4.75 Å². The van der Waals surface area contributed by atoms with Gasteiger partial charge in [0, 0.05) is 4.75 Å². The zero-order valence-corrected chi connectivity index (χ0v) is 6.12. The van der Waals surface area contributed by atoms with E-state index < -0.39 is 0 Å². The van der Waals surface area contributed by atoms with Gasteiger partial charge in [-0.05, 0) is 13.3 Å². The standard InChI is InChI=1S/C7H12S/c1-4-6-7(3,8)5-2/h4-5,8H,1-2,6H2,3H3. The van der Waals surface area contributed by atoms with Crippen molar-refractivity contribution in [1.82, 2.24) is 0 Å². The summed E-state index contributed by atoms with van der Waals surface area (Å²) in [5, 5.41) is 0. The third-order valence-electron chi connectivity index (χ3n) is 0.997. The molecule has 0 aliphatic carbocycles. The zero-order valence-electron chi connectivity index (χ0n) is 5.22. The first-order valence-corrected chi connectivity index (χ1v) is 3.04. The third kappa shape index (κ3) is 2.92. The van der Waals surface area contributed by atoms with Crippen molar-refractivity contribution in [3.63, 3.8) is 0 Å². The Morgan fingerprint density at radius 1 is 1.62 bits per heavy atom. The molecule has 0 aromatic rings. The molecule has 46 valence electrons. The maximum Gasteiger partial charge on any atom is 0.0312 e. The lowest BCUT2D eigenvalue weighted by Crippen LogP contribution is -2.09. The molecule has 0 aliphatic heterocycles. The Kier molecular flexibility index (Phi) is 2.91. The second-order valence-electron chi connectivity index (χ2n) is 2.05. The number of rotatable bonds is 3. The Morgan fingerprint density at radius 2 is 2.12 bits per heavy atom. The molecular weight excluding hydrogens is 116 g/mol. The van der Waals surface area contributed by atoms with Crippen LogP contribution in [0.15, 0.2) is 25.3 Å². The van der Waals surface area contributed by atoms with Crippen LogP contribution in [0.4, 0.5) is 0 Å². The monoisotopic (exact) mass is 128 g/mol. The Hall–Kier alpha value is -0.170. The minimum atomic E-state index is -0.0677. The van der Waals surface area contributed by atoms with Crippen LogP contribution in [0, 0.1) is 0 Å². The number of allylic oxidation sites excluding steroid dienone is 1. The molecule has 0 aliphatic rings. The van der Waals surface area contributed by atoms with Crippen LogP contribution in [0.25, 0.3) is 0 Å². The summed E-state index contributed by atoms with van der Waals surface area (Å²) in [7, 11) is 0. The number of thiol groups is 1. The molecule has 0 fully saturated rings.